The summed E-state index contributed by atoms with van der Waals surface area (Å²) in [5.41, 5.74) is 0.749. The standard InChI is InChI=1S/C11H20/c1-8(2)10-6-9-4-5-11(10,3)7-9/h8-10H,4-7H2,1-3H3. The Morgan fingerprint density at radius 2 is 2.09 bits per heavy atom. The van der Waals surface area contributed by atoms with Gasteiger partial charge >= 0.3 is 0 Å². The van der Waals surface area contributed by atoms with E-state index in [2.05, 4.69) is 20.8 Å². The summed E-state index contributed by atoms with van der Waals surface area (Å²) in [4.78, 5) is 0. The first-order valence-corrected chi connectivity index (χ1v) is 5.12. The third kappa shape index (κ3) is 1.02. The van der Waals surface area contributed by atoms with Gasteiger partial charge in [-0.05, 0) is 48.9 Å². The zero-order valence-electron chi connectivity index (χ0n) is 8.06. The third-order valence-electron chi connectivity index (χ3n) is 4.17. The molecular weight excluding hydrogens is 132 g/mol. The zero-order chi connectivity index (χ0) is 8.06. The van der Waals surface area contributed by atoms with Crippen LogP contribution in [0.3, 0.4) is 0 Å². The van der Waals surface area contributed by atoms with Crippen LogP contribution in [-0.2, 0) is 0 Å². The first-order valence-electron chi connectivity index (χ1n) is 5.12. The van der Waals surface area contributed by atoms with Crippen LogP contribution in [0.1, 0.15) is 46.5 Å². The molecule has 0 saturated heterocycles. The van der Waals surface area contributed by atoms with Crippen LogP contribution in [0, 0.1) is 23.2 Å². The molecular formula is C11H20. The van der Waals surface area contributed by atoms with Gasteiger partial charge in [0.2, 0.25) is 0 Å². The Kier molecular flexibility index (Phi) is 1.56. The van der Waals surface area contributed by atoms with Crippen LogP contribution >= 0.6 is 0 Å². The Bertz CT molecular complexity index is 159. The van der Waals surface area contributed by atoms with Crippen molar-refractivity contribution in [3.05, 3.63) is 0 Å². The summed E-state index contributed by atoms with van der Waals surface area (Å²) in [7, 11) is 0. The van der Waals surface area contributed by atoms with Crippen molar-refractivity contribution in [3.63, 3.8) is 0 Å². The molecule has 11 heavy (non-hydrogen) atoms. The SMILES string of the molecule is CC(C)C1CC2CCC1(C)C2. The molecule has 0 N–H and O–H groups in total. The lowest BCUT2D eigenvalue weighted by Gasteiger charge is -2.34. The summed E-state index contributed by atoms with van der Waals surface area (Å²) >= 11 is 0. The minimum absolute atomic E-state index is 0.749. The maximum Gasteiger partial charge on any atom is -0.0292 e. The van der Waals surface area contributed by atoms with E-state index in [4.69, 9.17) is 0 Å². The monoisotopic (exact) mass is 152 g/mol. The molecule has 0 aromatic heterocycles. The number of hydrogen-bond acceptors (Lipinski definition) is 0. The zero-order valence-corrected chi connectivity index (χ0v) is 8.06. The van der Waals surface area contributed by atoms with Crippen LogP contribution < -0.4 is 0 Å². The molecule has 0 aromatic rings. The van der Waals surface area contributed by atoms with Crippen molar-refractivity contribution in [2.24, 2.45) is 23.2 Å². The van der Waals surface area contributed by atoms with Gasteiger partial charge in [-0.1, -0.05) is 20.8 Å². The molecule has 0 aliphatic heterocycles. The molecule has 3 unspecified atom stereocenters. The Morgan fingerprint density at radius 1 is 1.36 bits per heavy atom. The lowest BCUT2D eigenvalue weighted by Crippen LogP contribution is -2.25. The van der Waals surface area contributed by atoms with Gasteiger partial charge in [0, 0.05) is 0 Å². The molecule has 0 radical (unpaired) electrons. The van der Waals surface area contributed by atoms with Crippen molar-refractivity contribution in [2.45, 2.75) is 46.5 Å². The third-order valence-corrected chi connectivity index (χ3v) is 4.17. The van der Waals surface area contributed by atoms with Gasteiger partial charge in [0.15, 0.2) is 0 Å². The molecule has 64 valence electrons. The van der Waals surface area contributed by atoms with Gasteiger partial charge in [-0.15, -0.1) is 0 Å². The molecule has 0 aromatic carbocycles. The van der Waals surface area contributed by atoms with Crippen molar-refractivity contribution in [2.75, 3.05) is 0 Å². The molecule has 3 atom stereocenters. The topological polar surface area (TPSA) is 0 Å². The summed E-state index contributed by atoms with van der Waals surface area (Å²) in [6, 6.07) is 0. The number of rotatable bonds is 1. The maximum absolute atomic E-state index is 2.52. The van der Waals surface area contributed by atoms with Crippen LogP contribution in [0.15, 0.2) is 0 Å². The number of fused-ring (bicyclic) bond motifs is 2. The summed E-state index contributed by atoms with van der Waals surface area (Å²) in [6.07, 6.45) is 6.12. The van der Waals surface area contributed by atoms with Crippen LogP contribution in [-0.4, -0.2) is 0 Å². The van der Waals surface area contributed by atoms with Crippen LogP contribution in [0.2, 0.25) is 0 Å². The first kappa shape index (κ1) is 7.64. The Hall–Kier alpha value is 0. The largest absolute Gasteiger partial charge is 0.0625 e. The average molecular weight is 152 g/mol. The van der Waals surface area contributed by atoms with E-state index in [0.717, 1.165) is 23.2 Å². The van der Waals surface area contributed by atoms with Gasteiger partial charge in [0.25, 0.3) is 0 Å². The van der Waals surface area contributed by atoms with Crippen LogP contribution in [0.5, 0.6) is 0 Å². The second-order valence-electron chi connectivity index (χ2n) is 5.35. The molecule has 0 amide bonds. The van der Waals surface area contributed by atoms with Crippen LogP contribution in [0.4, 0.5) is 0 Å². The second kappa shape index (κ2) is 2.24. The highest BCUT2D eigenvalue weighted by Gasteiger charge is 2.49. The molecule has 2 aliphatic rings. The fraction of sp³-hybridized carbons (Fsp3) is 1.00. The van der Waals surface area contributed by atoms with Crippen LogP contribution in [0.25, 0.3) is 0 Å². The molecule has 0 heteroatoms. The molecule has 0 nitrogen and oxygen atoms in total. The molecule has 2 rings (SSSR count). The van der Waals surface area contributed by atoms with Crippen molar-refractivity contribution in [3.8, 4) is 0 Å². The molecule has 2 saturated carbocycles. The summed E-state index contributed by atoms with van der Waals surface area (Å²) in [5, 5.41) is 0. The Labute approximate surface area is 70.4 Å². The van der Waals surface area contributed by atoms with Gasteiger partial charge in [0.1, 0.15) is 0 Å². The maximum atomic E-state index is 2.52. The van der Waals surface area contributed by atoms with Crippen molar-refractivity contribution < 1.29 is 0 Å². The lowest BCUT2D eigenvalue weighted by atomic mass is 9.71. The van der Waals surface area contributed by atoms with Gasteiger partial charge in [0.05, 0.1) is 0 Å². The van der Waals surface area contributed by atoms with Crippen molar-refractivity contribution >= 4 is 0 Å². The van der Waals surface area contributed by atoms with E-state index in [1.807, 2.05) is 0 Å². The molecule has 2 bridgehead atoms. The summed E-state index contributed by atoms with van der Waals surface area (Å²) in [5.74, 6) is 3.07. The fourth-order valence-corrected chi connectivity index (χ4v) is 3.66. The molecule has 0 spiro atoms. The predicted octanol–water partition coefficient (Wildman–Crippen LogP) is 3.47. The van der Waals surface area contributed by atoms with E-state index in [9.17, 15) is 0 Å². The minimum Gasteiger partial charge on any atom is -0.0625 e. The highest BCUT2D eigenvalue weighted by molar-refractivity contribution is 4.99. The highest BCUT2D eigenvalue weighted by Crippen LogP contribution is 2.59. The van der Waals surface area contributed by atoms with Gasteiger partial charge in [-0.2, -0.15) is 0 Å². The van der Waals surface area contributed by atoms with Gasteiger partial charge < -0.3 is 0 Å². The second-order valence-corrected chi connectivity index (χ2v) is 5.35. The summed E-state index contributed by atoms with van der Waals surface area (Å²) in [6.45, 7) is 7.32. The smallest absolute Gasteiger partial charge is 0.0292 e. The Morgan fingerprint density at radius 3 is 2.36 bits per heavy atom. The first-order chi connectivity index (χ1) is 5.12. The van der Waals surface area contributed by atoms with Gasteiger partial charge in [-0.25, -0.2) is 0 Å². The van der Waals surface area contributed by atoms with E-state index in [0.29, 0.717) is 0 Å². The van der Waals surface area contributed by atoms with E-state index in [1.165, 1.54) is 25.7 Å². The fourth-order valence-electron chi connectivity index (χ4n) is 3.66. The molecule has 0 heterocycles. The quantitative estimate of drug-likeness (QED) is 0.539. The lowest BCUT2D eigenvalue weighted by molar-refractivity contribution is 0.157. The van der Waals surface area contributed by atoms with Gasteiger partial charge in [-0.3, -0.25) is 0 Å². The van der Waals surface area contributed by atoms with E-state index in [1.54, 1.807) is 0 Å². The number of hydrogen-bond donors (Lipinski definition) is 0. The predicted molar refractivity (Wildman–Crippen MR) is 48.4 cm³/mol. The van der Waals surface area contributed by atoms with E-state index in [-0.39, 0.29) is 0 Å². The Balaban J connectivity index is 2.15. The molecule has 2 aliphatic carbocycles. The molecule has 2 fully saturated rings. The normalized spacial score (nSPS) is 49.1. The van der Waals surface area contributed by atoms with E-state index >= 15 is 0 Å². The van der Waals surface area contributed by atoms with Crippen molar-refractivity contribution in [1.82, 2.24) is 0 Å². The minimum atomic E-state index is 0.749. The van der Waals surface area contributed by atoms with Crippen molar-refractivity contribution in [1.29, 1.82) is 0 Å². The summed E-state index contributed by atoms with van der Waals surface area (Å²) < 4.78 is 0. The average Bonchev–Trinajstić information content (AvgIpc) is 2.41. The van der Waals surface area contributed by atoms with E-state index < -0.39 is 0 Å². The highest BCUT2D eigenvalue weighted by atomic mass is 14.5.